The first-order valence-electron chi connectivity index (χ1n) is 5.08. The predicted molar refractivity (Wildman–Crippen MR) is 60.9 cm³/mol. The maximum Gasteiger partial charge on any atom is 0.213 e. The van der Waals surface area contributed by atoms with Crippen molar-refractivity contribution in [2.75, 3.05) is 27.2 Å². The molecule has 0 spiro atoms. The van der Waals surface area contributed by atoms with Gasteiger partial charge in [-0.2, -0.15) is 0 Å². The Morgan fingerprint density at radius 3 is 2.87 bits per heavy atom. The topological polar surface area (TPSA) is 51.4 Å². The van der Waals surface area contributed by atoms with Gasteiger partial charge in [0.15, 0.2) is 0 Å². The van der Waals surface area contributed by atoms with Crippen LogP contribution in [0.15, 0.2) is 18.3 Å². The van der Waals surface area contributed by atoms with E-state index >= 15 is 0 Å². The molecule has 1 aromatic rings. The van der Waals surface area contributed by atoms with E-state index in [2.05, 4.69) is 9.88 Å². The first-order chi connectivity index (χ1) is 7.09. The minimum absolute atomic E-state index is 0.0178. The third-order valence-corrected chi connectivity index (χ3v) is 2.07. The zero-order valence-electron chi connectivity index (χ0n) is 9.60. The molecule has 1 heterocycles. The van der Waals surface area contributed by atoms with Crippen molar-refractivity contribution in [3.05, 3.63) is 23.9 Å². The molecule has 0 fully saturated rings. The lowest BCUT2D eigenvalue weighted by Gasteiger charge is -2.11. The van der Waals surface area contributed by atoms with E-state index in [1.54, 1.807) is 6.20 Å². The zero-order valence-corrected chi connectivity index (χ0v) is 9.60. The first kappa shape index (κ1) is 11.9. The van der Waals surface area contributed by atoms with Crippen LogP contribution in [-0.2, 0) is 0 Å². The third-order valence-electron chi connectivity index (χ3n) is 2.07. The van der Waals surface area contributed by atoms with E-state index in [1.165, 1.54) is 0 Å². The van der Waals surface area contributed by atoms with Gasteiger partial charge in [0.1, 0.15) is 6.61 Å². The monoisotopic (exact) mass is 209 g/mol. The van der Waals surface area contributed by atoms with Crippen LogP contribution < -0.4 is 10.5 Å². The summed E-state index contributed by atoms with van der Waals surface area (Å²) in [7, 11) is 4.02. The van der Waals surface area contributed by atoms with Crippen LogP contribution in [0.1, 0.15) is 18.5 Å². The molecule has 84 valence electrons. The normalized spacial score (nSPS) is 12.9. The van der Waals surface area contributed by atoms with Gasteiger partial charge < -0.3 is 15.4 Å². The minimum atomic E-state index is 0.0178. The smallest absolute Gasteiger partial charge is 0.213 e. The second-order valence-electron chi connectivity index (χ2n) is 3.87. The Balaban J connectivity index is 2.50. The highest BCUT2D eigenvalue weighted by molar-refractivity contribution is 5.22. The number of hydrogen-bond acceptors (Lipinski definition) is 4. The number of nitrogens with zero attached hydrogens (tertiary/aromatic N) is 2. The fourth-order valence-corrected chi connectivity index (χ4v) is 1.12. The summed E-state index contributed by atoms with van der Waals surface area (Å²) in [5.74, 6) is 0.645. The SMILES string of the molecule is C[C@@H](N)c1ccnc(OCCN(C)C)c1. The molecule has 0 saturated carbocycles. The van der Waals surface area contributed by atoms with Gasteiger partial charge in [-0.1, -0.05) is 0 Å². The molecule has 4 nitrogen and oxygen atoms in total. The number of hydrogen-bond donors (Lipinski definition) is 1. The van der Waals surface area contributed by atoms with Gasteiger partial charge in [0.2, 0.25) is 5.88 Å². The molecule has 0 aromatic carbocycles. The van der Waals surface area contributed by atoms with Crippen LogP contribution in [0.4, 0.5) is 0 Å². The molecule has 4 heteroatoms. The zero-order chi connectivity index (χ0) is 11.3. The van der Waals surface area contributed by atoms with Crippen LogP contribution in [0.5, 0.6) is 5.88 Å². The van der Waals surface area contributed by atoms with Crippen LogP contribution in [0.2, 0.25) is 0 Å². The summed E-state index contributed by atoms with van der Waals surface area (Å²) in [5, 5.41) is 0. The fourth-order valence-electron chi connectivity index (χ4n) is 1.12. The van der Waals surface area contributed by atoms with Crippen molar-refractivity contribution in [2.24, 2.45) is 5.73 Å². The van der Waals surface area contributed by atoms with Gasteiger partial charge in [-0.15, -0.1) is 0 Å². The molecular weight excluding hydrogens is 190 g/mol. The highest BCUT2D eigenvalue weighted by Gasteiger charge is 2.02. The Labute approximate surface area is 91.1 Å². The number of nitrogens with two attached hydrogens (primary N) is 1. The van der Waals surface area contributed by atoms with Gasteiger partial charge in [0.05, 0.1) is 0 Å². The molecule has 1 atom stereocenters. The van der Waals surface area contributed by atoms with E-state index in [1.807, 2.05) is 33.2 Å². The van der Waals surface area contributed by atoms with Crippen molar-refractivity contribution < 1.29 is 4.74 Å². The van der Waals surface area contributed by atoms with Gasteiger partial charge in [0.25, 0.3) is 0 Å². The fraction of sp³-hybridized carbons (Fsp3) is 0.545. The molecule has 15 heavy (non-hydrogen) atoms. The lowest BCUT2D eigenvalue weighted by atomic mass is 10.1. The lowest BCUT2D eigenvalue weighted by Crippen LogP contribution is -2.19. The van der Waals surface area contributed by atoms with Crippen molar-refractivity contribution in [3.8, 4) is 5.88 Å². The first-order valence-corrected chi connectivity index (χ1v) is 5.08. The summed E-state index contributed by atoms with van der Waals surface area (Å²) in [6.07, 6.45) is 1.73. The molecule has 0 radical (unpaired) electrons. The second-order valence-corrected chi connectivity index (χ2v) is 3.87. The van der Waals surface area contributed by atoms with Gasteiger partial charge in [0, 0.05) is 24.8 Å². The van der Waals surface area contributed by atoms with Gasteiger partial charge >= 0.3 is 0 Å². The molecule has 0 unspecified atom stereocenters. The molecule has 0 saturated heterocycles. The summed E-state index contributed by atoms with van der Waals surface area (Å²) >= 11 is 0. The van der Waals surface area contributed by atoms with E-state index in [0.717, 1.165) is 12.1 Å². The highest BCUT2D eigenvalue weighted by Crippen LogP contribution is 2.14. The lowest BCUT2D eigenvalue weighted by molar-refractivity contribution is 0.253. The van der Waals surface area contributed by atoms with Crippen molar-refractivity contribution in [3.63, 3.8) is 0 Å². The van der Waals surface area contributed by atoms with Crippen LogP contribution in [0.25, 0.3) is 0 Å². The van der Waals surface area contributed by atoms with Crippen LogP contribution >= 0.6 is 0 Å². The molecule has 1 rings (SSSR count). The van der Waals surface area contributed by atoms with Gasteiger partial charge in [-0.3, -0.25) is 0 Å². The highest BCUT2D eigenvalue weighted by atomic mass is 16.5. The number of likely N-dealkylation sites (N-methyl/N-ethyl adjacent to an activating group) is 1. The molecule has 0 aliphatic carbocycles. The Hall–Kier alpha value is -1.13. The van der Waals surface area contributed by atoms with Crippen molar-refractivity contribution in [2.45, 2.75) is 13.0 Å². The summed E-state index contributed by atoms with van der Waals surface area (Å²) in [6, 6.07) is 3.81. The molecule has 0 amide bonds. The summed E-state index contributed by atoms with van der Waals surface area (Å²) in [6.45, 7) is 3.46. The van der Waals surface area contributed by atoms with Crippen molar-refractivity contribution in [1.29, 1.82) is 0 Å². The average molecular weight is 209 g/mol. The molecule has 2 N–H and O–H groups in total. The summed E-state index contributed by atoms with van der Waals surface area (Å²) < 4.78 is 5.50. The second kappa shape index (κ2) is 5.68. The van der Waals surface area contributed by atoms with Crippen molar-refractivity contribution in [1.82, 2.24) is 9.88 Å². The number of pyridine rings is 1. The molecule has 0 bridgehead atoms. The van der Waals surface area contributed by atoms with Crippen LogP contribution in [-0.4, -0.2) is 37.1 Å². The Morgan fingerprint density at radius 1 is 1.53 bits per heavy atom. The van der Waals surface area contributed by atoms with E-state index < -0.39 is 0 Å². The van der Waals surface area contributed by atoms with E-state index in [-0.39, 0.29) is 6.04 Å². The number of rotatable bonds is 5. The summed E-state index contributed by atoms with van der Waals surface area (Å²) in [4.78, 5) is 6.19. The molecule has 0 aliphatic rings. The van der Waals surface area contributed by atoms with Gasteiger partial charge in [-0.05, 0) is 32.6 Å². The van der Waals surface area contributed by atoms with E-state index in [0.29, 0.717) is 12.5 Å². The Kier molecular flexibility index (Phi) is 4.52. The average Bonchev–Trinajstić information content (AvgIpc) is 2.17. The van der Waals surface area contributed by atoms with E-state index in [9.17, 15) is 0 Å². The maximum atomic E-state index is 5.77. The Morgan fingerprint density at radius 2 is 2.27 bits per heavy atom. The maximum absolute atomic E-state index is 5.77. The van der Waals surface area contributed by atoms with Crippen LogP contribution in [0, 0.1) is 0 Å². The van der Waals surface area contributed by atoms with Crippen LogP contribution in [0.3, 0.4) is 0 Å². The van der Waals surface area contributed by atoms with Crippen molar-refractivity contribution >= 4 is 0 Å². The largest absolute Gasteiger partial charge is 0.476 e. The number of aromatic nitrogens is 1. The molecule has 1 aromatic heterocycles. The summed E-state index contributed by atoms with van der Waals surface area (Å²) in [5.41, 5.74) is 6.81. The van der Waals surface area contributed by atoms with E-state index in [4.69, 9.17) is 10.5 Å². The number of ether oxygens (including phenoxy) is 1. The van der Waals surface area contributed by atoms with Gasteiger partial charge in [-0.25, -0.2) is 4.98 Å². The predicted octanol–water partition coefficient (Wildman–Crippen LogP) is 1.04. The molecule has 0 aliphatic heterocycles. The quantitative estimate of drug-likeness (QED) is 0.787. The molecular formula is C11H19N3O. The third kappa shape index (κ3) is 4.27. The standard InChI is InChI=1S/C11H19N3O/c1-9(12)10-4-5-13-11(8-10)15-7-6-14(2)3/h4-5,8-9H,6-7,12H2,1-3H3/t9-/m1/s1. The minimum Gasteiger partial charge on any atom is -0.476 e. The Bertz CT molecular complexity index is 300.